The Morgan fingerprint density at radius 1 is 1.27 bits per heavy atom. The van der Waals surface area contributed by atoms with Crippen LogP contribution in [0.2, 0.25) is 0 Å². The molecule has 0 heterocycles. The Kier molecular flexibility index (Phi) is 8.49. The van der Waals surface area contributed by atoms with Crippen LogP contribution in [0.1, 0.15) is 26.7 Å². The fourth-order valence-corrected chi connectivity index (χ4v) is 1.60. The van der Waals surface area contributed by atoms with Crippen LogP contribution >= 0.6 is 0 Å². The monoisotopic (exact) mass is 320 g/mol. The quantitative estimate of drug-likeness (QED) is 0.441. The molecule has 0 aliphatic heterocycles. The van der Waals surface area contributed by atoms with Crippen LogP contribution in [-0.4, -0.2) is 53.2 Å². The predicted molar refractivity (Wildman–Crippen MR) is 74.0 cm³/mol. The Morgan fingerprint density at radius 3 is 2.27 bits per heavy atom. The van der Waals surface area contributed by atoms with Gasteiger partial charge in [-0.2, -0.15) is 0 Å². The van der Waals surface area contributed by atoms with Crippen LogP contribution in [0.5, 0.6) is 0 Å². The maximum absolute atomic E-state index is 12.5. The molecule has 0 spiro atoms. The number of rotatable bonds is 8. The maximum Gasteiger partial charge on any atom is 0.405 e. The lowest BCUT2D eigenvalue weighted by Crippen LogP contribution is -2.55. The second-order valence-electron chi connectivity index (χ2n) is 5.00. The van der Waals surface area contributed by atoms with E-state index in [1.54, 1.807) is 13.8 Å². The van der Waals surface area contributed by atoms with E-state index in [-0.39, 0.29) is 25.3 Å². The van der Waals surface area contributed by atoms with Gasteiger partial charge < -0.3 is 16.2 Å². The van der Waals surface area contributed by atoms with E-state index >= 15 is 0 Å². The molecule has 0 bridgehead atoms. The second kappa shape index (κ2) is 9.53. The molecule has 0 aromatic heterocycles. The van der Waals surface area contributed by atoms with Crippen LogP contribution < -0.4 is 16.5 Å². The van der Waals surface area contributed by atoms with Gasteiger partial charge >= 0.3 is 6.09 Å². The summed E-state index contributed by atoms with van der Waals surface area (Å²) in [6.45, 7) is 1.88. The van der Waals surface area contributed by atoms with Gasteiger partial charge in [0.2, 0.25) is 5.91 Å². The second-order valence-corrected chi connectivity index (χ2v) is 5.00. The summed E-state index contributed by atoms with van der Waals surface area (Å²) in [6.07, 6.45) is -1.49. The summed E-state index contributed by atoms with van der Waals surface area (Å²) in [6, 6.07) is -1.11. The molecule has 0 aliphatic rings. The molecule has 0 saturated heterocycles. The van der Waals surface area contributed by atoms with Crippen molar-refractivity contribution in [3.8, 4) is 0 Å². The molecule has 0 rings (SSSR count). The number of halogens is 1. The van der Waals surface area contributed by atoms with Gasteiger partial charge in [-0.15, -0.1) is 0 Å². The molecule has 0 aromatic carbocycles. The van der Waals surface area contributed by atoms with Gasteiger partial charge in [0, 0.05) is 6.42 Å². The highest BCUT2D eigenvalue weighted by atomic mass is 19.1. The summed E-state index contributed by atoms with van der Waals surface area (Å²) in [5.74, 6) is -2.61. The molecule has 1 atom stereocenters. The number of alkyl halides is 1. The van der Waals surface area contributed by atoms with Gasteiger partial charge in [-0.25, -0.2) is 9.18 Å². The lowest BCUT2D eigenvalue weighted by Gasteiger charge is -2.25. The molecular formula is C12H21FN4O5. The first kappa shape index (κ1) is 19.6. The lowest BCUT2D eigenvalue weighted by atomic mass is 10.0. The summed E-state index contributed by atoms with van der Waals surface area (Å²) in [4.78, 5) is 44.8. The zero-order valence-electron chi connectivity index (χ0n) is 12.5. The summed E-state index contributed by atoms with van der Waals surface area (Å²) in [7, 11) is 0. The van der Waals surface area contributed by atoms with Crippen LogP contribution in [0, 0.1) is 5.92 Å². The Balaban J connectivity index is 4.88. The van der Waals surface area contributed by atoms with Crippen LogP contribution in [0.3, 0.4) is 0 Å². The van der Waals surface area contributed by atoms with Crippen molar-refractivity contribution in [3.63, 3.8) is 0 Å². The van der Waals surface area contributed by atoms with E-state index in [4.69, 9.17) is 10.8 Å². The number of nitrogens with two attached hydrogens (primary N) is 1. The predicted octanol–water partition coefficient (Wildman–Crippen LogP) is -0.627. The first-order valence-corrected chi connectivity index (χ1v) is 6.62. The van der Waals surface area contributed by atoms with Crippen molar-refractivity contribution in [3.05, 3.63) is 0 Å². The van der Waals surface area contributed by atoms with Gasteiger partial charge in [0.25, 0.3) is 11.8 Å². The number of nitrogens with zero attached hydrogens (tertiary/aromatic N) is 1. The third-order valence-electron chi connectivity index (χ3n) is 2.56. The van der Waals surface area contributed by atoms with E-state index in [0.717, 1.165) is 0 Å². The van der Waals surface area contributed by atoms with Crippen LogP contribution in [0.25, 0.3) is 0 Å². The van der Waals surface area contributed by atoms with Gasteiger partial charge in [0.15, 0.2) is 6.67 Å². The number of hydrogen-bond acceptors (Lipinski definition) is 4. The van der Waals surface area contributed by atoms with Crippen LogP contribution in [0.4, 0.5) is 9.18 Å². The number of primary amides is 1. The molecule has 22 heavy (non-hydrogen) atoms. The van der Waals surface area contributed by atoms with E-state index in [9.17, 15) is 23.6 Å². The highest BCUT2D eigenvalue weighted by Crippen LogP contribution is 2.05. The molecule has 126 valence electrons. The topological polar surface area (TPSA) is 142 Å². The van der Waals surface area contributed by atoms with Gasteiger partial charge in [-0.3, -0.25) is 24.8 Å². The van der Waals surface area contributed by atoms with Crippen molar-refractivity contribution < 1.29 is 28.7 Å². The largest absolute Gasteiger partial charge is 0.465 e. The minimum Gasteiger partial charge on any atom is -0.465 e. The summed E-state index contributed by atoms with van der Waals surface area (Å²) in [5.41, 5.74) is 7.04. The number of amides is 4. The Morgan fingerprint density at radius 2 is 1.86 bits per heavy atom. The van der Waals surface area contributed by atoms with E-state index in [2.05, 4.69) is 5.43 Å². The van der Waals surface area contributed by atoms with Gasteiger partial charge in [0.05, 0.1) is 6.54 Å². The average molecular weight is 320 g/mol. The molecule has 0 aromatic rings. The Bertz CT molecular complexity index is 430. The normalized spacial score (nSPS) is 11.6. The Labute approximate surface area is 127 Å². The van der Waals surface area contributed by atoms with E-state index in [0.29, 0.717) is 5.01 Å². The zero-order valence-corrected chi connectivity index (χ0v) is 12.5. The fraction of sp³-hybridized carbons (Fsp3) is 0.667. The minimum atomic E-state index is -1.40. The molecule has 1 unspecified atom stereocenters. The highest BCUT2D eigenvalue weighted by molar-refractivity contribution is 5.88. The highest BCUT2D eigenvalue weighted by Gasteiger charge is 2.25. The third kappa shape index (κ3) is 8.02. The first-order valence-electron chi connectivity index (χ1n) is 6.62. The van der Waals surface area contributed by atoms with Crippen molar-refractivity contribution >= 4 is 23.8 Å². The first-order chi connectivity index (χ1) is 10.2. The fourth-order valence-electron chi connectivity index (χ4n) is 1.60. The smallest absolute Gasteiger partial charge is 0.405 e. The van der Waals surface area contributed by atoms with E-state index in [1.807, 2.05) is 5.32 Å². The standard InChI is InChI=1S/C12H21FN4O5/c1-7(2)5-8(15-12(21)22)11(20)16-17(10(19)6-13)4-3-9(14)18/h7-8,15H,3-6H2,1-2H3,(H2,14,18)(H,16,20)(H,21,22). The SMILES string of the molecule is CC(C)CC(NC(=O)O)C(=O)NN(CCC(N)=O)C(=O)CF. The van der Waals surface area contributed by atoms with Crippen molar-refractivity contribution in [1.82, 2.24) is 15.8 Å². The van der Waals surface area contributed by atoms with Gasteiger partial charge in [-0.1, -0.05) is 13.8 Å². The number of hydrogen-bond donors (Lipinski definition) is 4. The molecule has 0 aliphatic carbocycles. The molecule has 4 amide bonds. The number of nitrogens with one attached hydrogen (secondary N) is 2. The zero-order chi connectivity index (χ0) is 17.3. The van der Waals surface area contributed by atoms with Gasteiger partial charge in [-0.05, 0) is 12.3 Å². The molecule has 10 heteroatoms. The molecule has 5 N–H and O–H groups in total. The van der Waals surface area contributed by atoms with Crippen LogP contribution in [-0.2, 0) is 14.4 Å². The van der Waals surface area contributed by atoms with Crippen molar-refractivity contribution in [2.75, 3.05) is 13.2 Å². The number of carboxylic acid groups (broad SMARTS) is 1. The molecular weight excluding hydrogens is 299 g/mol. The van der Waals surface area contributed by atoms with E-state index in [1.165, 1.54) is 0 Å². The molecule has 9 nitrogen and oxygen atoms in total. The van der Waals surface area contributed by atoms with Crippen molar-refractivity contribution in [2.24, 2.45) is 11.7 Å². The Hall–Kier alpha value is -2.39. The minimum absolute atomic E-state index is 0.00135. The van der Waals surface area contributed by atoms with Crippen molar-refractivity contribution in [2.45, 2.75) is 32.7 Å². The number of carbonyl (C=O) groups is 4. The molecule has 0 radical (unpaired) electrons. The molecule has 0 fully saturated rings. The molecule has 0 saturated carbocycles. The maximum atomic E-state index is 12.5. The summed E-state index contributed by atoms with van der Waals surface area (Å²) in [5, 5.41) is 11.4. The number of carbonyl (C=O) groups excluding carboxylic acids is 3. The van der Waals surface area contributed by atoms with E-state index < -0.39 is 36.5 Å². The number of hydrazine groups is 1. The third-order valence-corrected chi connectivity index (χ3v) is 2.56. The summed E-state index contributed by atoms with van der Waals surface area (Å²) < 4.78 is 12.5. The lowest BCUT2D eigenvalue weighted by molar-refractivity contribution is -0.143. The van der Waals surface area contributed by atoms with Crippen molar-refractivity contribution in [1.29, 1.82) is 0 Å². The van der Waals surface area contributed by atoms with Crippen LogP contribution in [0.15, 0.2) is 0 Å². The average Bonchev–Trinajstić information content (AvgIpc) is 2.40. The summed E-state index contributed by atoms with van der Waals surface area (Å²) >= 11 is 0. The van der Waals surface area contributed by atoms with Gasteiger partial charge in [0.1, 0.15) is 6.04 Å².